The van der Waals surface area contributed by atoms with Gasteiger partial charge in [0.15, 0.2) is 5.76 Å². The largest absolute Gasteiger partial charge is 0.503 e. The number of halogens is 1. The van der Waals surface area contributed by atoms with Gasteiger partial charge in [0.25, 0.3) is 5.91 Å². The summed E-state index contributed by atoms with van der Waals surface area (Å²) < 4.78 is 5.38. The Balaban J connectivity index is 1.59. The summed E-state index contributed by atoms with van der Waals surface area (Å²) in [5.74, 6) is -1.27. The molecule has 1 aromatic carbocycles. The number of thiophene rings is 1. The van der Waals surface area contributed by atoms with Crippen LogP contribution in [0.2, 0.25) is 5.02 Å². The number of aliphatic hydroxyl groups is 1. The minimum Gasteiger partial charge on any atom is -0.503 e. The number of morpholine rings is 1. The van der Waals surface area contributed by atoms with Crippen molar-refractivity contribution in [1.82, 2.24) is 9.80 Å². The van der Waals surface area contributed by atoms with Gasteiger partial charge in [-0.25, -0.2) is 0 Å². The minimum absolute atomic E-state index is 0.135. The van der Waals surface area contributed by atoms with Gasteiger partial charge in [0.2, 0.25) is 5.78 Å². The first kappa shape index (κ1) is 21.1. The highest BCUT2D eigenvalue weighted by molar-refractivity contribution is 7.12. The van der Waals surface area contributed by atoms with E-state index in [2.05, 4.69) is 4.90 Å². The Morgan fingerprint density at radius 2 is 1.90 bits per heavy atom. The van der Waals surface area contributed by atoms with Gasteiger partial charge in [-0.05, 0) is 35.6 Å². The van der Waals surface area contributed by atoms with Crippen molar-refractivity contribution in [2.75, 3.05) is 39.4 Å². The molecule has 0 aliphatic carbocycles. The summed E-state index contributed by atoms with van der Waals surface area (Å²) in [6.07, 6.45) is 0.740. The molecule has 4 rings (SSSR count). The van der Waals surface area contributed by atoms with Crippen molar-refractivity contribution >= 4 is 34.6 Å². The Kier molecular flexibility index (Phi) is 6.53. The second kappa shape index (κ2) is 9.31. The Hall–Kier alpha value is -2.19. The highest BCUT2D eigenvalue weighted by Crippen LogP contribution is 2.39. The fraction of sp³-hybridized carbons (Fsp3) is 0.364. The molecule has 2 aliphatic heterocycles. The molecule has 0 saturated carbocycles. The summed E-state index contributed by atoms with van der Waals surface area (Å²) >= 11 is 7.33. The van der Waals surface area contributed by atoms with Crippen LogP contribution in [0.15, 0.2) is 53.1 Å². The quantitative estimate of drug-likeness (QED) is 0.656. The van der Waals surface area contributed by atoms with Crippen molar-refractivity contribution in [1.29, 1.82) is 0 Å². The topological polar surface area (TPSA) is 70.1 Å². The Morgan fingerprint density at radius 1 is 1.17 bits per heavy atom. The second-order valence-electron chi connectivity index (χ2n) is 7.33. The molecule has 1 amide bonds. The van der Waals surface area contributed by atoms with Crippen molar-refractivity contribution in [3.05, 3.63) is 68.6 Å². The van der Waals surface area contributed by atoms with Crippen LogP contribution in [0.4, 0.5) is 0 Å². The van der Waals surface area contributed by atoms with Gasteiger partial charge in [-0.1, -0.05) is 29.8 Å². The molecule has 1 unspecified atom stereocenters. The van der Waals surface area contributed by atoms with E-state index in [9.17, 15) is 14.7 Å². The van der Waals surface area contributed by atoms with Crippen LogP contribution in [0.5, 0.6) is 0 Å². The number of benzene rings is 1. The summed E-state index contributed by atoms with van der Waals surface area (Å²) in [5.41, 5.74) is 0.888. The van der Waals surface area contributed by atoms with Gasteiger partial charge in [-0.2, -0.15) is 0 Å². The number of amides is 1. The first-order valence-corrected chi connectivity index (χ1v) is 11.2. The number of aliphatic hydroxyl groups excluding tert-OH is 1. The molecule has 158 valence electrons. The van der Waals surface area contributed by atoms with Crippen molar-refractivity contribution in [2.24, 2.45) is 0 Å². The number of rotatable bonds is 7. The third kappa shape index (κ3) is 4.30. The molecule has 3 heterocycles. The predicted molar refractivity (Wildman–Crippen MR) is 116 cm³/mol. The Morgan fingerprint density at radius 3 is 2.57 bits per heavy atom. The number of nitrogens with zero attached hydrogens (tertiary/aromatic N) is 2. The van der Waals surface area contributed by atoms with Gasteiger partial charge in [0.1, 0.15) is 0 Å². The molecule has 1 aromatic heterocycles. The lowest BCUT2D eigenvalue weighted by molar-refractivity contribution is -0.129. The van der Waals surface area contributed by atoms with Crippen molar-refractivity contribution < 1.29 is 19.4 Å². The van der Waals surface area contributed by atoms with E-state index in [0.717, 1.165) is 44.8 Å². The van der Waals surface area contributed by atoms with Gasteiger partial charge in [-0.15, -0.1) is 11.3 Å². The van der Waals surface area contributed by atoms with Crippen LogP contribution in [0.3, 0.4) is 0 Å². The van der Waals surface area contributed by atoms with E-state index in [-0.39, 0.29) is 11.4 Å². The zero-order valence-corrected chi connectivity index (χ0v) is 18.0. The number of hydrogen-bond acceptors (Lipinski definition) is 6. The Labute approximate surface area is 184 Å². The van der Waals surface area contributed by atoms with Crippen LogP contribution in [-0.2, 0) is 9.53 Å². The van der Waals surface area contributed by atoms with E-state index in [1.54, 1.807) is 46.7 Å². The molecule has 1 atom stereocenters. The molecule has 0 radical (unpaired) electrons. The molecule has 0 bridgehead atoms. The second-order valence-corrected chi connectivity index (χ2v) is 8.71. The third-order valence-electron chi connectivity index (χ3n) is 5.46. The van der Waals surface area contributed by atoms with Crippen molar-refractivity contribution in [3.63, 3.8) is 0 Å². The van der Waals surface area contributed by atoms with Gasteiger partial charge < -0.3 is 14.7 Å². The van der Waals surface area contributed by atoms with Gasteiger partial charge in [0, 0.05) is 31.2 Å². The lowest BCUT2D eigenvalue weighted by atomic mass is 9.95. The van der Waals surface area contributed by atoms with Crippen LogP contribution >= 0.6 is 22.9 Å². The van der Waals surface area contributed by atoms with E-state index in [0.29, 0.717) is 16.4 Å². The van der Waals surface area contributed by atoms with Crippen LogP contribution in [-0.4, -0.2) is 66.0 Å². The molecular formula is C22H23ClN2O4S. The monoisotopic (exact) mass is 446 g/mol. The molecule has 0 spiro atoms. The van der Waals surface area contributed by atoms with Crippen LogP contribution < -0.4 is 0 Å². The summed E-state index contributed by atoms with van der Waals surface area (Å²) in [6, 6.07) is 9.92. The summed E-state index contributed by atoms with van der Waals surface area (Å²) in [4.78, 5) is 30.5. The minimum atomic E-state index is -0.631. The van der Waals surface area contributed by atoms with Gasteiger partial charge >= 0.3 is 0 Å². The summed E-state index contributed by atoms with van der Waals surface area (Å²) in [7, 11) is 0. The number of ketones is 1. The number of Topliss-reactive ketones (excluding diaryl/α,β-unsaturated/α-hetero) is 1. The molecule has 1 fully saturated rings. The van der Waals surface area contributed by atoms with Crippen LogP contribution in [0.1, 0.15) is 27.7 Å². The normalized spacial score (nSPS) is 20.2. The fourth-order valence-electron chi connectivity index (χ4n) is 3.94. The highest BCUT2D eigenvalue weighted by atomic mass is 35.5. The lowest BCUT2D eigenvalue weighted by Gasteiger charge is -2.30. The third-order valence-corrected chi connectivity index (χ3v) is 6.58. The first-order chi connectivity index (χ1) is 14.6. The van der Waals surface area contributed by atoms with Crippen molar-refractivity contribution in [2.45, 2.75) is 12.5 Å². The molecule has 8 heteroatoms. The van der Waals surface area contributed by atoms with Gasteiger partial charge in [0.05, 0.1) is 29.7 Å². The van der Waals surface area contributed by atoms with E-state index in [4.69, 9.17) is 16.3 Å². The maximum absolute atomic E-state index is 13.1. The standard InChI is InChI=1S/C22H23ClN2O4S/c23-16-6-4-15(5-7-16)19-18(20(26)17-3-1-14-30-17)21(27)22(28)25(19)9-2-8-24-10-12-29-13-11-24/h1,3-7,14,19,27H,2,8-13H2. The van der Waals surface area contributed by atoms with E-state index < -0.39 is 17.7 Å². The molecule has 6 nitrogen and oxygen atoms in total. The average molecular weight is 447 g/mol. The molecular weight excluding hydrogens is 424 g/mol. The maximum atomic E-state index is 13.1. The van der Waals surface area contributed by atoms with Crippen LogP contribution in [0, 0.1) is 0 Å². The average Bonchev–Trinajstić information content (AvgIpc) is 3.38. The van der Waals surface area contributed by atoms with Crippen molar-refractivity contribution in [3.8, 4) is 0 Å². The maximum Gasteiger partial charge on any atom is 0.290 e. The molecule has 1 saturated heterocycles. The fourth-order valence-corrected chi connectivity index (χ4v) is 4.74. The van der Waals surface area contributed by atoms with E-state index in [1.807, 2.05) is 0 Å². The lowest BCUT2D eigenvalue weighted by Crippen LogP contribution is -2.39. The van der Waals surface area contributed by atoms with Crippen LogP contribution in [0.25, 0.3) is 0 Å². The zero-order chi connectivity index (χ0) is 21.1. The van der Waals surface area contributed by atoms with E-state index >= 15 is 0 Å². The highest BCUT2D eigenvalue weighted by Gasteiger charge is 2.43. The summed E-state index contributed by atoms with van der Waals surface area (Å²) in [6.45, 7) is 4.46. The smallest absolute Gasteiger partial charge is 0.290 e. The van der Waals surface area contributed by atoms with E-state index in [1.165, 1.54) is 11.3 Å². The molecule has 1 N–H and O–H groups in total. The predicted octanol–water partition coefficient (Wildman–Crippen LogP) is 3.70. The molecule has 2 aliphatic rings. The number of ether oxygens (including phenoxy) is 1. The number of carbonyl (C=O) groups is 2. The molecule has 2 aromatic rings. The zero-order valence-electron chi connectivity index (χ0n) is 16.4. The Bertz CT molecular complexity index is 937. The SMILES string of the molecule is O=C(C1=C(O)C(=O)N(CCCN2CCOCC2)C1c1ccc(Cl)cc1)c1cccs1. The first-order valence-electron chi connectivity index (χ1n) is 9.94. The summed E-state index contributed by atoms with van der Waals surface area (Å²) in [5, 5.41) is 13.0. The number of hydrogen-bond donors (Lipinski definition) is 1. The number of carbonyl (C=O) groups excluding carboxylic acids is 2. The molecule has 30 heavy (non-hydrogen) atoms. The van der Waals surface area contributed by atoms with Gasteiger partial charge in [-0.3, -0.25) is 14.5 Å².